The van der Waals surface area contributed by atoms with Gasteiger partial charge in [0.1, 0.15) is 11.6 Å². The number of furan rings is 1. The van der Waals surface area contributed by atoms with E-state index in [4.69, 9.17) is 9.52 Å². The molecule has 2 aromatic rings. The summed E-state index contributed by atoms with van der Waals surface area (Å²) in [6.07, 6.45) is 0.250. The quantitative estimate of drug-likeness (QED) is 0.865. The fourth-order valence-electron chi connectivity index (χ4n) is 1.42. The minimum Gasteiger partial charge on any atom is -0.475 e. The van der Waals surface area contributed by atoms with E-state index >= 15 is 0 Å². The number of benzene rings is 1. The Kier molecular flexibility index (Phi) is 2.72. The zero-order valence-electron chi connectivity index (χ0n) is 8.31. The molecule has 1 N–H and O–H groups in total. The first-order chi connectivity index (χ1) is 7.66. The summed E-state index contributed by atoms with van der Waals surface area (Å²) in [4.78, 5) is 10.6. The summed E-state index contributed by atoms with van der Waals surface area (Å²) in [6, 6.07) is 9.21. The molecule has 0 fully saturated rings. The van der Waals surface area contributed by atoms with E-state index in [1.807, 2.05) is 0 Å². The van der Waals surface area contributed by atoms with Crippen LogP contribution in [0.5, 0.6) is 0 Å². The van der Waals surface area contributed by atoms with Gasteiger partial charge >= 0.3 is 5.97 Å². The van der Waals surface area contributed by atoms with Crippen molar-refractivity contribution in [2.24, 2.45) is 0 Å². The molecule has 0 aliphatic heterocycles. The topological polar surface area (TPSA) is 50.4 Å². The minimum atomic E-state index is -1.13. The van der Waals surface area contributed by atoms with Crippen molar-refractivity contribution >= 4 is 5.97 Å². The van der Waals surface area contributed by atoms with Gasteiger partial charge < -0.3 is 9.52 Å². The number of carbonyl (C=O) groups is 1. The molecule has 0 saturated carbocycles. The van der Waals surface area contributed by atoms with Gasteiger partial charge in [-0.05, 0) is 23.8 Å². The predicted molar refractivity (Wildman–Crippen MR) is 54.9 cm³/mol. The fourth-order valence-corrected chi connectivity index (χ4v) is 1.42. The molecule has 3 nitrogen and oxygen atoms in total. The fraction of sp³-hybridized carbons (Fsp3) is 0.0833. The molecule has 0 atom stereocenters. The molecular weight excluding hydrogens is 211 g/mol. The van der Waals surface area contributed by atoms with Gasteiger partial charge in [-0.2, -0.15) is 0 Å². The van der Waals surface area contributed by atoms with Crippen LogP contribution in [-0.4, -0.2) is 11.1 Å². The average Bonchev–Trinajstić information content (AvgIpc) is 2.70. The van der Waals surface area contributed by atoms with Gasteiger partial charge in [-0.25, -0.2) is 9.18 Å². The van der Waals surface area contributed by atoms with Crippen LogP contribution < -0.4 is 0 Å². The van der Waals surface area contributed by atoms with E-state index in [9.17, 15) is 9.18 Å². The first kappa shape index (κ1) is 10.4. The normalized spacial score (nSPS) is 10.3. The third-order valence-electron chi connectivity index (χ3n) is 2.19. The molecule has 1 aromatic heterocycles. The number of aromatic carboxylic acids is 1. The maximum Gasteiger partial charge on any atom is 0.371 e. The lowest BCUT2D eigenvalue weighted by Crippen LogP contribution is -1.93. The van der Waals surface area contributed by atoms with Crippen LogP contribution in [-0.2, 0) is 6.42 Å². The maximum atomic E-state index is 13.3. The number of halogens is 1. The van der Waals surface area contributed by atoms with Crippen LogP contribution in [0, 0.1) is 5.82 Å². The first-order valence-electron chi connectivity index (χ1n) is 4.72. The van der Waals surface area contributed by atoms with Gasteiger partial charge in [0.25, 0.3) is 0 Å². The molecule has 16 heavy (non-hydrogen) atoms. The molecule has 0 amide bonds. The molecule has 0 unspecified atom stereocenters. The Balaban J connectivity index is 2.21. The average molecular weight is 220 g/mol. The molecule has 0 spiro atoms. The first-order valence-corrected chi connectivity index (χ1v) is 4.72. The Morgan fingerprint density at radius 2 is 2.00 bits per heavy atom. The maximum absolute atomic E-state index is 13.3. The summed E-state index contributed by atoms with van der Waals surface area (Å²) in [5.74, 6) is -1.15. The van der Waals surface area contributed by atoms with E-state index in [1.165, 1.54) is 18.2 Å². The van der Waals surface area contributed by atoms with E-state index < -0.39 is 5.97 Å². The second-order valence-corrected chi connectivity index (χ2v) is 3.34. The van der Waals surface area contributed by atoms with Crippen LogP contribution >= 0.6 is 0 Å². The van der Waals surface area contributed by atoms with Crippen molar-refractivity contribution in [2.75, 3.05) is 0 Å². The predicted octanol–water partition coefficient (Wildman–Crippen LogP) is 2.71. The van der Waals surface area contributed by atoms with Crippen molar-refractivity contribution in [1.29, 1.82) is 0 Å². The highest BCUT2D eigenvalue weighted by Gasteiger charge is 2.10. The molecule has 0 radical (unpaired) electrons. The van der Waals surface area contributed by atoms with Gasteiger partial charge in [-0.1, -0.05) is 18.2 Å². The monoisotopic (exact) mass is 220 g/mol. The summed E-state index contributed by atoms with van der Waals surface area (Å²) in [7, 11) is 0. The molecule has 1 heterocycles. The van der Waals surface area contributed by atoms with Crippen LogP contribution in [0.25, 0.3) is 0 Å². The molecule has 82 valence electrons. The second-order valence-electron chi connectivity index (χ2n) is 3.34. The highest BCUT2D eigenvalue weighted by Crippen LogP contribution is 2.15. The Bertz CT molecular complexity index is 516. The van der Waals surface area contributed by atoms with E-state index in [1.54, 1.807) is 18.2 Å². The third-order valence-corrected chi connectivity index (χ3v) is 2.19. The van der Waals surface area contributed by atoms with Crippen molar-refractivity contribution in [3.8, 4) is 0 Å². The zero-order valence-corrected chi connectivity index (χ0v) is 8.31. The Hall–Kier alpha value is -2.10. The summed E-state index contributed by atoms with van der Waals surface area (Å²) in [5.41, 5.74) is 0.480. The molecule has 4 heteroatoms. The molecular formula is C12H9FO3. The summed E-state index contributed by atoms with van der Waals surface area (Å²) in [6.45, 7) is 0. The van der Waals surface area contributed by atoms with E-state index in [0.717, 1.165) is 0 Å². The molecule has 0 bridgehead atoms. The third kappa shape index (κ3) is 2.11. The summed E-state index contributed by atoms with van der Waals surface area (Å²) < 4.78 is 18.3. The Morgan fingerprint density at radius 1 is 1.25 bits per heavy atom. The summed E-state index contributed by atoms with van der Waals surface area (Å²) in [5, 5.41) is 8.65. The molecule has 0 saturated heterocycles. The van der Waals surface area contributed by atoms with Crippen LogP contribution in [0.1, 0.15) is 21.9 Å². The smallest absolute Gasteiger partial charge is 0.371 e. The minimum absolute atomic E-state index is 0.133. The van der Waals surface area contributed by atoms with E-state index in [0.29, 0.717) is 11.3 Å². The van der Waals surface area contributed by atoms with Gasteiger partial charge in [0.2, 0.25) is 5.76 Å². The highest BCUT2D eigenvalue weighted by molar-refractivity contribution is 5.84. The van der Waals surface area contributed by atoms with Crippen LogP contribution in [0.15, 0.2) is 40.8 Å². The number of hydrogen-bond donors (Lipinski definition) is 1. The molecule has 0 aliphatic carbocycles. The van der Waals surface area contributed by atoms with Crippen LogP contribution in [0.3, 0.4) is 0 Å². The van der Waals surface area contributed by atoms with E-state index in [2.05, 4.69) is 0 Å². The van der Waals surface area contributed by atoms with Gasteiger partial charge in [0.15, 0.2) is 0 Å². The van der Waals surface area contributed by atoms with Crippen molar-refractivity contribution < 1.29 is 18.7 Å². The Labute approximate surface area is 91.1 Å². The zero-order chi connectivity index (χ0) is 11.5. The number of hydrogen-bond acceptors (Lipinski definition) is 2. The van der Waals surface area contributed by atoms with Gasteiger partial charge in [-0.3, -0.25) is 0 Å². The van der Waals surface area contributed by atoms with E-state index in [-0.39, 0.29) is 18.0 Å². The second kappa shape index (κ2) is 4.18. The van der Waals surface area contributed by atoms with Crippen molar-refractivity contribution in [1.82, 2.24) is 0 Å². The number of rotatable bonds is 3. The lowest BCUT2D eigenvalue weighted by Gasteiger charge is -1.99. The number of carboxylic acids is 1. The summed E-state index contributed by atoms with van der Waals surface area (Å²) >= 11 is 0. The molecule has 1 aromatic carbocycles. The van der Waals surface area contributed by atoms with Gasteiger partial charge in [0.05, 0.1) is 0 Å². The lowest BCUT2D eigenvalue weighted by molar-refractivity contribution is 0.0660. The van der Waals surface area contributed by atoms with Crippen molar-refractivity contribution in [3.05, 3.63) is 59.3 Å². The SMILES string of the molecule is O=C(O)c1ccc(Cc2ccccc2F)o1. The van der Waals surface area contributed by atoms with Crippen molar-refractivity contribution in [3.63, 3.8) is 0 Å². The molecule has 0 aliphatic rings. The van der Waals surface area contributed by atoms with Crippen LogP contribution in [0.2, 0.25) is 0 Å². The largest absolute Gasteiger partial charge is 0.475 e. The molecule has 2 rings (SSSR count). The standard InChI is InChI=1S/C12H9FO3/c13-10-4-2-1-3-8(10)7-9-5-6-11(16-9)12(14)15/h1-6H,7H2,(H,14,15). The van der Waals surface area contributed by atoms with Gasteiger partial charge in [0, 0.05) is 6.42 Å². The van der Waals surface area contributed by atoms with Gasteiger partial charge in [-0.15, -0.1) is 0 Å². The Morgan fingerprint density at radius 3 is 2.62 bits per heavy atom. The van der Waals surface area contributed by atoms with Crippen LogP contribution in [0.4, 0.5) is 4.39 Å². The number of carboxylic acid groups (broad SMARTS) is 1. The highest BCUT2D eigenvalue weighted by atomic mass is 19.1. The van der Waals surface area contributed by atoms with Crippen molar-refractivity contribution in [2.45, 2.75) is 6.42 Å². The lowest BCUT2D eigenvalue weighted by atomic mass is 10.1.